The molecule has 1 aliphatic rings. The summed E-state index contributed by atoms with van der Waals surface area (Å²) in [5.41, 5.74) is 2.61. The molecule has 0 spiro atoms. The zero-order chi connectivity index (χ0) is 18.1. The van der Waals surface area contributed by atoms with E-state index in [-0.39, 0.29) is 0 Å². The van der Waals surface area contributed by atoms with Crippen molar-refractivity contribution in [3.63, 3.8) is 0 Å². The molecular weight excluding hydrogens is 366 g/mol. The molecule has 0 radical (unpaired) electrons. The Balaban J connectivity index is 1.76. The largest absolute Gasteiger partial charge is 0.369 e. The first-order valence-corrected chi connectivity index (χ1v) is 11.3. The lowest BCUT2D eigenvalue weighted by atomic mass is 10.2. The van der Waals surface area contributed by atoms with Crippen LogP contribution in [0.5, 0.6) is 0 Å². The minimum absolute atomic E-state index is 0.326. The van der Waals surface area contributed by atoms with E-state index in [2.05, 4.69) is 27.7 Å². The highest BCUT2D eigenvalue weighted by molar-refractivity contribution is 7.90. The molecule has 1 fully saturated rings. The second-order valence-electron chi connectivity index (χ2n) is 6.46. The first-order valence-electron chi connectivity index (χ1n) is 8.55. The highest BCUT2D eigenvalue weighted by Crippen LogP contribution is 2.35. The number of hydrogen-bond acceptors (Lipinski definition) is 6. The molecule has 0 aliphatic carbocycles. The van der Waals surface area contributed by atoms with Crippen LogP contribution in [-0.2, 0) is 9.84 Å². The van der Waals surface area contributed by atoms with Crippen molar-refractivity contribution in [2.45, 2.75) is 4.90 Å². The maximum absolute atomic E-state index is 12.3. The summed E-state index contributed by atoms with van der Waals surface area (Å²) < 4.78 is 25.7. The van der Waals surface area contributed by atoms with Crippen LogP contribution >= 0.6 is 11.3 Å². The number of nitrogens with one attached hydrogen (secondary N) is 2. The molecule has 0 saturated carbocycles. The second-order valence-corrected chi connectivity index (χ2v) is 9.36. The molecule has 0 unspecified atom stereocenters. The number of piperazine rings is 1. The molecule has 26 heavy (non-hydrogen) atoms. The third-order valence-corrected chi connectivity index (χ3v) is 6.71. The number of fused-ring (bicyclic) bond motifs is 1. The molecule has 1 aliphatic heterocycles. The maximum atomic E-state index is 12.3. The van der Waals surface area contributed by atoms with Crippen LogP contribution in [0, 0.1) is 0 Å². The lowest BCUT2D eigenvalue weighted by Crippen LogP contribution is -2.43. The molecule has 136 valence electrons. The molecule has 7 heteroatoms. The molecule has 0 atom stereocenters. The lowest BCUT2D eigenvalue weighted by molar-refractivity contribution is 0.589. The van der Waals surface area contributed by atoms with Crippen molar-refractivity contribution in [2.75, 3.05) is 42.7 Å². The number of anilines is 3. The molecule has 3 aromatic rings. The van der Waals surface area contributed by atoms with Crippen molar-refractivity contribution in [1.29, 1.82) is 0 Å². The van der Waals surface area contributed by atoms with Crippen molar-refractivity contribution in [1.82, 2.24) is 5.32 Å². The number of nitrogens with zero attached hydrogens (tertiary/aromatic N) is 1. The zero-order valence-electron chi connectivity index (χ0n) is 14.5. The molecule has 0 bridgehead atoms. The third-order valence-electron chi connectivity index (χ3n) is 4.60. The first-order chi connectivity index (χ1) is 12.5. The lowest BCUT2D eigenvalue weighted by Gasteiger charge is -2.30. The Kier molecular flexibility index (Phi) is 4.60. The molecule has 1 aromatic heterocycles. The summed E-state index contributed by atoms with van der Waals surface area (Å²) in [4.78, 5) is 2.60. The molecule has 4 rings (SSSR count). The number of hydrogen-bond donors (Lipinski definition) is 2. The van der Waals surface area contributed by atoms with Crippen LogP contribution in [0.2, 0.25) is 0 Å². The van der Waals surface area contributed by atoms with Crippen molar-refractivity contribution < 1.29 is 8.42 Å². The van der Waals surface area contributed by atoms with Crippen LogP contribution in [-0.4, -0.2) is 40.9 Å². The molecular formula is C19H21N3O2S2. The van der Waals surface area contributed by atoms with Gasteiger partial charge in [-0.05, 0) is 24.3 Å². The van der Waals surface area contributed by atoms with E-state index in [1.54, 1.807) is 17.4 Å². The summed E-state index contributed by atoms with van der Waals surface area (Å²) in [6.45, 7) is 3.70. The van der Waals surface area contributed by atoms with Crippen molar-refractivity contribution in [2.24, 2.45) is 0 Å². The molecule has 1 saturated heterocycles. The topological polar surface area (TPSA) is 61.4 Å². The molecule has 0 amide bonds. The standard InChI is InChI=1S/C19H21N3O2S2/c1-26(23,24)19-7-6-14(22-10-8-20-9-11-22)12-16(19)21-17-13-25-18-5-3-2-4-15(17)18/h2-7,12-13,20-21H,8-11H2,1H3. The van der Waals surface area contributed by atoms with Crippen molar-refractivity contribution in [3.05, 3.63) is 47.8 Å². The van der Waals surface area contributed by atoms with Gasteiger partial charge in [-0.1, -0.05) is 18.2 Å². The summed E-state index contributed by atoms with van der Waals surface area (Å²) in [5, 5.41) is 9.85. The van der Waals surface area contributed by atoms with E-state index in [1.165, 1.54) is 11.0 Å². The summed E-state index contributed by atoms with van der Waals surface area (Å²) in [6, 6.07) is 13.7. The van der Waals surface area contributed by atoms with Gasteiger partial charge in [-0.3, -0.25) is 0 Å². The highest BCUT2D eigenvalue weighted by atomic mass is 32.2. The van der Waals surface area contributed by atoms with E-state index in [0.717, 1.165) is 42.9 Å². The zero-order valence-corrected chi connectivity index (χ0v) is 16.2. The van der Waals surface area contributed by atoms with E-state index < -0.39 is 9.84 Å². The number of sulfone groups is 1. The Morgan fingerprint density at radius 1 is 1.08 bits per heavy atom. The summed E-state index contributed by atoms with van der Waals surface area (Å²) in [6.07, 6.45) is 1.25. The summed E-state index contributed by atoms with van der Waals surface area (Å²) in [5.74, 6) is 0. The van der Waals surface area contributed by atoms with Crippen LogP contribution in [0.15, 0.2) is 52.7 Å². The van der Waals surface area contributed by atoms with Gasteiger partial charge in [0.1, 0.15) is 0 Å². The van der Waals surface area contributed by atoms with E-state index in [0.29, 0.717) is 10.6 Å². The average molecular weight is 388 g/mol. The van der Waals surface area contributed by atoms with Gasteiger partial charge in [0.05, 0.1) is 16.3 Å². The van der Waals surface area contributed by atoms with Gasteiger partial charge >= 0.3 is 0 Å². The number of benzene rings is 2. The highest BCUT2D eigenvalue weighted by Gasteiger charge is 2.18. The minimum atomic E-state index is -3.33. The second kappa shape index (κ2) is 6.90. The molecule has 5 nitrogen and oxygen atoms in total. The van der Waals surface area contributed by atoms with Crippen molar-refractivity contribution >= 4 is 48.3 Å². The monoisotopic (exact) mass is 387 g/mol. The Morgan fingerprint density at radius 3 is 2.62 bits per heavy atom. The van der Waals surface area contributed by atoms with Crippen LogP contribution in [0.3, 0.4) is 0 Å². The Labute approximate surface area is 157 Å². The number of rotatable bonds is 4. The van der Waals surface area contributed by atoms with Gasteiger partial charge in [0.2, 0.25) is 0 Å². The SMILES string of the molecule is CS(=O)(=O)c1ccc(N2CCNCC2)cc1Nc1csc2ccccc12. The molecule has 2 aromatic carbocycles. The van der Waals surface area contributed by atoms with Crippen LogP contribution < -0.4 is 15.5 Å². The van der Waals surface area contributed by atoms with Gasteiger partial charge in [-0.2, -0.15) is 0 Å². The predicted octanol–water partition coefficient (Wildman–Crippen LogP) is 3.46. The Bertz CT molecular complexity index is 1040. The van der Waals surface area contributed by atoms with E-state index in [4.69, 9.17) is 0 Å². The predicted molar refractivity (Wildman–Crippen MR) is 110 cm³/mol. The van der Waals surface area contributed by atoms with Crippen molar-refractivity contribution in [3.8, 4) is 0 Å². The van der Waals surface area contributed by atoms with Crippen LogP contribution in [0.4, 0.5) is 17.1 Å². The minimum Gasteiger partial charge on any atom is -0.369 e. The van der Waals surface area contributed by atoms with Gasteiger partial charge in [0, 0.05) is 53.6 Å². The Morgan fingerprint density at radius 2 is 1.85 bits per heavy atom. The molecule has 2 heterocycles. The van der Waals surface area contributed by atoms with Gasteiger partial charge < -0.3 is 15.5 Å². The first kappa shape index (κ1) is 17.3. The van der Waals surface area contributed by atoms with E-state index >= 15 is 0 Å². The van der Waals surface area contributed by atoms with E-state index in [9.17, 15) is 8.42 Å². The third kappa shape index (κ3) is 3.42. The average Bonchev–Trinajstić information content (AvgIpc) is 3.05. The summed E-state index contributed by atoms with van der Waals surface area (Å²) in [7, 11) is -3.33. The van der Waals surface area contributed by atoms with Crippen LogP contribution in [0.25, 0.3) is 10.1 Å². The maximum Gasteiger partial charge on any atom is 0.177 e. The quantitative estimate of drug-likeness (QED) is 0.718. The fraction of sp³-hybridized carbons (Fsp3) is 0.263. The fourth-order valence-corrected chi connectivity index (χ4v) is 5.00. The fourth-order valence-electron chi connectivity index (χ4n) is 3.28. The number of thiophene rings is 1. The van der Waals surface area contributed by atoms with Gasteiger partial charge in [0.15, 0.2) is 9.84 Å². The van der Waals surface area contributed by atoms with E-state index in [1.807, 2.05) is 29.6 Å². The van der Waals surface area contributed by atoms with Gasteiger partial charge in [0.25, 0.3) is 0 Å². The molecule has 2 N–H and O–H groups in total. The normalized spacial score (nSPS) is 15.3. The van der Waals surface area contributed by atoms with Crippen LogP contribution in [0.1, 0.15) is 0 Å². The summed E-state index contributed by atoms with van der Waals surface area (Å²) >= 11 is 1.65. The van der Waals surface area contributed by atoms with Gasteiger partial charge in [-0.15, -0.1) is 11.3 Å². The smallest absolute Gasteiger partial charge is 0.177 e. The Hall–Kier alpha value is -2.09. The van der Waals surface area contributed by atoms with Gasteiger partial charge in [-0.25, -0.2) is 8.42 Å².